The zero-order valence-electron chi connectivity index (χ0n) is 10.3. The number of carbonyl (C=O) groups is 2. The highest BCUT2D eigenvalue weighted by atomic mass is 16.6. The summed E-state index contributed by atoms with van der Waals surface area (Å²) in [6.07, 6.45) is 1.39. The highest BCUT2D eigenvalue weighted by Gasteiger charge is 2.23. The number of carbonyl (C=O) groups excluding carboxylic acids is 1. The van der Waals surface area contributed by atoms with Gasteiger partial charge in [-0.3, -0.25) is 0 Å². The van der Waals surface area contributed by atoms with Gasteiger partial charge < -0.3 is 15.2 Å². The molecule has 0 radical (unpaired) electrons. The average molecular weight is 229 g/mol. The Morgan fingerprint density at radius 2 is 1.88 bits per heavy atom. The number of ether oxygens (including phenoxy) is 1. The summed E-state index contributed by atoms with van der Waals surface area (Å²) < 4.78 is 5.10. The molecule has 0 spiro atoms. The number of carboxylic acids is 1. The minimum absolute atomic E-state index is 0.0154. The Kier molecular flexibility index (Phi) is 5.01. The lowest BCUT2D eigenvalue weighted by molar-refractivity contribution is -0.156. The quantitative estimate of drug-likeness (QED) is 0.561. The predicted molar refractivity (Wildman–Crippen MR) is 59.8 cm³/mol. The number of hydrogen-bond donors (Lipinski definition) is 2. The molecule has 0 amide bonds. The van der Waals surface area contributed by atoms with Crippen molar-refractivity contribution in [2.45, 2.75) is 46.3 Å². The van der Waals surface area contributed by atoms with Crippen LogP contribution in [0.25, 0.3) is 0 Å². The fraction of sp³-hybridized carbons (Fsp3) is 0.636. The van der Waals surface area contributed by atoms with E-state index in [9.17, 15) is 9.59 Å². The fourth-order valence-electron chi connectivity index (χ4n) is 0.951. The first-order valence-corrected chi connectivity index (χ1v) is 5.06. The molecule has 0 aliphatic rings. The number of nitrogens with one attached hydrogen (secondary N) is 1. The molecule has 0 aromatic carbocycles. The summed E-state index contributed by atoms with van der Waals surface area (Å²) in [5.74, 6) is -1.58. The van der Waals surface area contributed by atoms with Crippen LogP contribution in [0.15, 0.2) is 11.8 Å². The monoisotopic (exact) mass is 229 g/mol. The Hall–Kier alpha value is -1.52. The second-order valence-corrected chi connectivity index (χ2v) is 4.41. The summed E-state index contributed by atoms with van der Waals surface area (Å²) in [6.45, 7) is 8.40. The van der Waals surface area contributed by atoms with Crippen molar-refractivity contribution in [1.82, 2.24) is 5.32 Å². The molecule has 0 aliphatic carbocycles. The smallest absolute Gasteiger partial charge is 0.351 e. The summed E-state index contributed by atoms with van der Waals surface area (Å²) in [6, 6.07) is -0.693. The van der Waals surface area contributed by atoms with Gasteiger partial charge in [-0.25, -0.2) is 9.59 Å². The molecular formula is C11H19NO4. The molecule has 0 fully saturated rings. The van der Waals surface area contributed by atoms with Gasteiger partial charge >= 0.3 is 11.9 Å². The Balaban J connectivity index is 4.42. The largest absolute Gasteiger partial charge is 0.477 e. The van der Waals surface area contributed by atoms with Crippen LogP contribution in [0.2, 0.25) is 0 Å². The van der Waals surface area contributed by atoms with Crippen LogP contribution in [-0.2, 0) is 14.3 Å². The van der Waals surface area contributed by atoms with Crippen LogP contribution in [0.3, 0.4) is 0 Å². The molecule has 0 aromatic rings. The predicted octanol–water partition coefficient (Wildman–Crippen LogP) is 1.29. The highest BCUT2D eigenvalue weighted by molar-refractivity contribution is 5.87. The molecule has 5 nitrogen and oxygen atoms in total. The Morgan fingerprint density at radius 1 is 1.38 bits per heavy atom. The maximum atomic E-state index is 11.5. The number of hydrogen-bond acceptors (Lipinski definition) is 4. The van der Waals surface area contributed by atoms with E-state index in [4.69, 9.17) is 9.84 Å². The van der Waals surface area contributed by atoms with Crippen LogP contribution < -0.4 is 5.32 Å². The summed E-state index contributed by atoms with van der Waals surface area (Å²) in [5, 5.41) is 11.3. The molecule has 16 heavy (non-hydrogen) atoms. The number of allylic oxidation sites excluding steroid dienone is 1. The van der Waals surface area contributed by atoms with Gasteiger partial charge in [-0.05, 0) is 34.6 Å². The Labute approximate surface area is 95.5 Å². The molecule has 0 aromatic heterocycles. The lowest BCUT2D eigenvalue weighted by Gasteiger charge is -2.23. The first kappa shape index (κ1) is 14.5. The fourth-order valence-corrected chi connectivity index (χ4v) is 0.951. The van der Waals surface area contributed by atoms with Crippen molar-refractivity contribution in [3.63, 3.8) is 0 Å². The lowest BCUT2D eigenvalue weighted by Crippen LogP contribution is -2.40. The van der Waals surface area contributed by atoms with Crippen molar-refractivity contribution < 1.29 is 19.4 Å². The van der Waals surface area contributed by atoms with Crippen LogP contribution >= 0.6 is 0 Å². The van der Waals surface area contributed by atoms with E-state index >= 15 is 0 Å². The van der Waals surface area contributed by atoms with Gasteiger partial charge in [0.15, 0.2) is 0 Å². The molecule has 2 N–H and O–H groups in total. The van der Waals surface area contributed by atoms with Crippen molar-refractivity contribution in [3.05, 3.63) is 11.8 Å². The van der Waals surface area contributed by atoms with E-state index < -0.39 is 23.6 Å². The summed E-state index contributed by atoms with van der Waals surface area (Å²) >= 11 is 0. The molecule has 0 saturated carbocycles. The number of aliphatic carboxylic acids is 1. The van der Waals surface area contributed by atoms with E-state index in [-0.39, 0.29) is 5.70 Å². The molecule has 0 heterocycles. The van der Waals surface area contributed by atoms with Crippen LogP contribution in [0, 0.1) is 0 Å². The van der Waals surface area contributed by atoms with Gasteiger partial charge in [0.1, 0.15) is 17.3 Å². The Morgan fingerprint density at radius 3 is 2.19 bits per heavy atom. The van der Waals surface area contributed by atoms with Crippen LogP contribution in [0.1, 0.15) is 34.6 Å². The van der Waals surface area contributed by atoms with E-state index in [1.165, 1.54) is 6.08 Å². The molecule has 0 saturated heterocycles. The van der Waals surface area contributed by atoms with Gasteiger partial charge in [0.2, 0.25) is 0 Å². The van der Waals surface area contributed by atoms with Gasteiger partial charge in [-0.15, -0.1) is 0 Å². The third kappa shape index (κ3) is 5.38. The van der Waals surface area contributed by atoms with E-state index in [1.807, 2.05) is 0 Å². The number of carboxylic acid groups (broad SMARTS) is 1. The van der Waals surface area contributed by atoms with Crippen molar-refractivity contribution in [3.8, 4) is 0 Å². The molecule has 0 bridgehead atoms. The molecule has 92 valence electrons. The molecule has 0 aliphatic heterocycles. The summed E-state index contributed by atoms with van der Waals surface area (Å²) in [5.41, 5.74) is -0.592. The van der Waals surface area contributed by atoms with Crippen LogP contribution in [-0.4, -0.2) is 28.7 Å². The van der Waals surface area contributed by atoms with Crippen molar-refractivity contribution in [2.75, 3.05) is 0 Å². The van der Waals surface area contributed by atoms with Gasteiger partial charge in [0.05, 0.1) is 0 Å². The maximum Gasteiger partial charge on any atom is 0.351 e. The Bertz CT molecular complexity index is 302. The van der Waals surface area contributed by atoms with E-state index in [2.05, 4.69) is 5.32 Å². The standard InChI is InChI=1S/C11H19NO4/c1-6-8(9(13)14)12-7(2)10(15)16-11(3,4)5/h6-7,12H,1-5H3,(H,13,14). The zero-order valence-corrected chi connectivity index (χ0v) is 10.3. The highest BCUT2D eigenvalue weighted by Crippen LogP contribution is 2.08. The second kappa shape index (κ2) is 5.53. The van der Waals surface area contributed by atoms with Gasteiger partial charge in [-0.2, -0.15) is 0 Å². The first-order valence-electron chi connectivity index (χ1n) is 5.06. The van der Waals surface area contributed by atoms with E-state index in [0.717, 1.165) is 0 Å². The van der Waals surface area contributed by atoms with Gasteiger partial charge in [-0.1, -0.05) is 6.08 Å². The van der Waals surface area contributed by atoms with Crippen molar-refractivity contribution >= 4 is 11.9 Å². The van der Waals surface area contributed by atoms with Gasteiger partial charge in [0.25, 0.3) is 0 Å². The topological polar surface area (TPSA) is 75.6 Å². The number of esters is 1. The third-order valence-corrected chi connectivity index (χ3v) is 1.65. The maximum absolute atomic E-state index is 11.5. The van der Waals surface area contributed by atoms with Crippen molar-refractivity contribution in [1.29, 1.82) is 0 Å². The lowest BCUT2D eigenvalue weighted by atomic mass is 10.2. The second-order valence-electron chi connectivity index (χ2n) is 4.41. The SMILES string of the molecule is CC=C(NC(C)C(=O)OC(C)(C)C)C(=O)O. The van der Waals surface area contributed by atoms with E-state index in [1.54, 1.807) is 34.6 Å². The first-order chi connectivity index (χ1) is 7.17. The van der Waals surface area contributed by atoms with E-state index in [0.29, 0.717) is 0 Å². The summed E-state index contributed by atoms with van der Waals surface area (Å²) in [4.78, 5) is 22.2. The minimum Gasteiger partial charge on any atom is -0.477 e. The van der Waals surface area contributed by atoms with Crippen molar-refractivity contribution in [2.24, 2.45) is 0 Å². The molecular weight excluding hydrogens is 210 g/mol. The molecule has 1 unspecified atom stereocenters. The molecule has 5 heteroatoms. The zero-order chi connectivity index (χ0) is 12.9. The molecule has 0 rings (SSSR count). The van der Waals surface area contributed by atoms with Crippen LogP contribution in [0.5, 0.6) is 0 Å². The third-order valence-electron chi connectivity index (χ3n) is 1.65. The minimum atomic E-state index is -1.10. The normalized spacial score (nSPS) is 14.2. The average Bonchev–Trinajstić information content (AvgIpc) is 2.10. The van der Waals surface area contributed by atoms with Gasteiger partial charge in [0, 0.05) is 0 Å². The summed E-state index contributed by atoms with van der Waals surface area (Å²) in [7, 11) is 0. The molecule has 1 atom stereocenters. The van der Waals surface area contributed by atoms with Crippen LogP contribution in [0.4, 0.5) is 0 Å². The number of rotatable bonds is 4.